The van der Waals surface area contributed by atoms with Crippen molar-refractivity contribution in [3.8, 4) is 0 Å². The number of amides is 2. The molecule has 1 aliphatic rings. The molecule has 1 heterocycles. The monoisotopic (exact) mass is 466 g/mol. The number of hydrogen-bond acceptors (Lipinski definition) is 7. The number of nitro groups is 1. The van der Waals surface area contributed by atoms with Gasteiger partial charge in [0.2, 0.25) is 0 Å². The van der Waals surface area contributed by atoms with E-state index in [1.54, 1.807) is 12.1 Å². The maximum Gasteiger partial charge on any atom is 0.416 e. The molecule has 0 fully saturated rings. The van der Waals surface area contributed by atoms with Crippen molar-refractivity contribution in [2.24, 2.45) is 0 Å². The Kier molecular flexibility index (Phi) is 4.75. The maximum atomic E-state index is 12.9. The lowest BCUT2D eigenvalue weighted by Gasteiger charge is -2.25. The van der Waals surface area contributed by atoms with E-state index in [2.05, 4.69) is 4.28 Å². The molecule has 9 nitrogen and oxygen atoms in total. The number of nitrogens with zero attached hydrogens (tertiary/aromatic N) is 2. The molecule has 3 aromatic carbocycles. The summed E-state index contributed by atoms with van der Waals surface area (Å²) in [5.41, 5.74) is -3.02. The average molecular weight is 466 g/mol. The van der Waals surface area contributed by atoms with Gasteiger partial charge in [0, 0.05) is 11.5 Å². The fraction of sp³-hybridized carbons (Fsp3) is 0.0526. The van der Waals surface area contributed by atoms with Crippen molar-refractivity contribution in [3.05, 3.63) is 81.4 Å². The van der Waals surface area contributed by atoms with E-state index < -0.39 is 49.2 Å². The molecule has 0 saturated heterocycles. The van der Waals surface area contributed by atoms with E-state index in [9.17, 15) is 41.3 Å². The van der Waals surface area contributed by atoms with Crippen LogP contribution in [0.3, 0.4) is 0 Å². The zero-order valence-electron chi connectivity index (χ0n) is 15.5. The van der Waals surface area contributed by atoms with E-state index in [4.69, 9.17) is 0 Å². The highest BCUT2D eigenvalue weighted by atomic mass is 32.2. The van der Waals surface area contributed by atoms with Crippen molar-refractivity contribution < 1.29 is 40.4 Å². The van der Waals surface area contributed by atoms with Gasteiger partial charge in [-0.1, -0.05) is 24.3 Å². The normalized spacial score (nSPS) is 14.2. The van der Waals surface area contributed by atoms with Gasteiger partial charge in [-0.2, -0.15) is 21.6 Å². The number of rotatable bonds is 4. The topological polar surface area (TPSA) is 124 Å². The third-order valence-electron chi connectivity index (χ3n) is 4.66. The zero-order valence-corrected chi connectivity index (χ0v) is 16.3. The Balaban J connectivity index is 1.79. The molecule has 0 saturated carbocycles. The molecular formula is C19H9F3N2O7S. The first kappa shape index (κ1) is 21.4. The first-order valence-corrected chi connectivity index (χ1v) is 10.0. The molecule has 0 spiro atoms. The Hall–Kier alpha value is -3.84. The van der Waals surface area contributed by atoms with Crippen LogP contribution in [0.25, 0.3) is 10.8 Å². The number of carbonyl (C=O) groups excluding carboxylic acids is 2. The summed E-state index contributed by atoms with van der Waals surface area (Å²) >= 11 is 0. The van der Waals surface area contributed by atoms with E-state index in [1.165, 1.54) is 24.3 Å². The van der Waals surface area contributed by atoms with Crippen LogP contribution < -0.4 is 0 Å². The Labute approximate surface area is 176 Å². The molecule has 164 valence electrons. The second-order valence-corrected chi connectivity index (χ2v) is 8.08. The quantitative estimate of drug-likeness (QED) is 0.326. The largest absolute Gasteiger partial charge is 0.416 e. The molecular weight excluding hydrogens is 457 g/mol. The van der Waals surface area contributed by atoms with E-state index in [1.807, 2.05) is 0 Å². The van der Waals surface area contributed by atoms with Crippen LogP contribution in [0.1, 0.15) is 26.3 Å². The molecule has 3 aromatic rings. The van der Waals surface area contributed by atoms with Crippen LogP contribution in [0.15, 0.2) is 59.5 Å². The van der Waals surface area contributed by atoms with Crippen LogP contribution in [-0.2, 0) is 20.6 Å². The fourth-order valence-corrected chi connectivity index (χ4v) is 4.30. The Morgan fingerprint density at radius 1 is 0.938 bits per heavy atom. The van der Waals surface area contributed by atoms with E-state index in [-0.39, 0.29) is 27.6 Å². The minimum Gasteiger partial charge on any atom is -0.266 e. The van der Waals surface area contributed by atoms with Crippen LogP contribution in [0.5, 0.6) is 0 Å². The van der Waals surface area contributed by atoms with Gasteiger partial charge in [0.25, 0.3) is 17.5 Å². The van der Waals surface area contributed by atoms with Crippen LogP contribution >= 0.6 is 0 Å². The van der Waals surface area contributed by atoms with E-state index >= 15 is 0 Å². The Bertz CT molecular complexity index is 1380. The fourth-order valence-electron chi connectivity index (χ4n) is 3.26. The Morgan fingerprint density at radius 2 is 1.50 bits per heavy atom. The molecule has 32 heavy (non-hydrogen) atoms. The number of nitro benzene ring substituents is 1. The SMILES string of the molecule is O=C1c2cccc3cccc(c23)C(=O)N1OS(=O)(=O)c1ccc(C(F)(F)F)cc1[N+](=O)[O-]. The van der Waals surface area contributed by atoms with Gasteiger partial charge < -0.3 is 0 Å². The third-order valence-corrected chi connectivity index (χ3v) is 5.89. The maximum absolute atomic E-state index is 12.9. The number of hydroxylamine groups is 2. The highest BCUT2D eigenvalue weighted by molar-refractivity contribution is 7.86. The summed E-state index contributed by atoms with van der Waals surface area (Å²) in [6.45, 7) is 0. The summed E-state index contributed by atoms with van der Waals surface area (Å²) in [6.07, 6.45) is -4.98. The summed E-state index contributed by atoms with van der Waals surface area (Å²) in [6, 6.07) is 9.53. The van der Waals surface area contributed by atoms with Crippen molar-refractivity contribution in [1.82, 2.24) is 5.06 Å². The van der Waals surface area contributed by atoms with Gasteiger partial charge in [-0.3, -0.25) is 19.7 Å². The molecule has 0 bridgehead atoms. The van der Waals surface area contributed by atoms with Crippen molar-refractivity contribution in [1.29, 1.82) is 0 Å². The lowest BCUT2D eigenvalue weighted by molar-refractivity contribution is -0.388. The second kappa shape index (κ2) is 7.10. The second-order valence-electron chi connectivity index (χ2n) is 6.58. The summed E-state index contributed by atoms with van der Waals surface area (Å²) in [7, 11) is -5.26. The molecule has 0 atom stereocenters. The summed E-state index contributed by atoms with van der Waals surface area (Å²) in [4.78, 5) is 34.1. The van der Waals surface area contributed by atoms with Crippen molar-refractivity contribution in [2.45, 2.75) is 11.1 Å². The number of benzene rings is 3. The van der Waals surface area contributed by atoms with Crippen LogP contribution in [0.4, 0.5) is 18.9 Å². The summed E-state index contributed by atoms with van der Waals surface area (Å²) in [5.74, 6) is -2.31. The molecule has 0 unspecified atom stereocenters. The predicted molar refractivity (Wildman–Crippen MR) is 101 cm³/mol. The highest BCUT2D eigenvalue weighted by Gasteiger charge is 2.41. The van der Waals surface area contributed by atoms with Crippen LogP contribution in [-0.4, -0.2) is 30.2 Å². The lowest BCUT2D eigenvalue weighted by atomic mass is 9.95. The number of halogens is 3. The van der Waals surface area contributed by atoms with Crippen LogP contribution in [0, 0.1) is 10.1 Å². The molecule has 0 aromatic heterocycles. The smallest absolute Gasteiger partial charge is 0.266 e. The number of hydrogen-bond donors (Lipinski definition) is 0. The third kappa shape index (κ3) is 3.36. The molecule has 1 aliphatic heterocycles. The van der Waals surface area contributed by atoms with E-state index in [0.29, 0.717) is 17.5 Å². The first-order valence-electron chi connectivity index (χ1n) is 8.62. The van der Waals surface area contributed by atoms with Gasteiger partial charge in [-0.25, -0.2) is 0 Å². The minimum absolute atomic E-state index is 0.0200. The molecule has 4 rings (SSSR count). The van der Waals surface area contributed by atoms with Gasteiger partial charge in [0.1, 0.15) is 0 Å². The van der Waals surface area contributed by atoms with Crippen molar-refractivity contribution in [2.75, 3.05) is 0 Å². The van der Waals surface area contributed by atoms with Gasteiger partial charge >= 0.3 is 16.3 Å². The predicted octanol–water partition coefficient (Wildman–Crippen LogP) is 3.68. The van der Waals surface area contributed by atoms with Crippen molar-refractivity contribution in [3.63, 3.8) is 0 Å². The minimum atomic E-state index is -5.26. The standard InChI is InChI=1S/C19H9F3N2O7S/c20-19(21,22)11-7-8-15(14(9-11)24(27)28)32(29,30)31-23-17(25)12-5-1-3-10-4-2-6-13(16(10)12)18(23)26/h1-9H. The molecule has 0 aliphatic carbocycles. The van der Waals surface area contributed by atoms with Gasteiger partial charge in [0.05, 0.1) is 21.6 Å². The van der Waals surface area contributed by atoms with Crippen molar-refractivity contribution >= 4 is 38.4 Å². The number of carbonyl (C=O) groups is 2. The summed E-state index contributed by atoms with van der Waals surface area (Å²) in [5, 5.41) is 11.9. The van der Waals surface area contributed by atoms with E-state index in [0.717, 1.165) is 0 Å². The number of imide groups is 1. The molecule has 0 N–H and O–H groups in total. The van der Waals surface area contributed by atoms with Gasteiger partial charge in [0.15, 0.2) is 4.90 Å². The first-order chi connectivity index (χ1) is 14.9. The lowest BCUT2D eigenvalue weighted by Crippen LogP contribution is -2.41. The van der Waals surface area contributed by atoms with Gasteiger partial charge in [-0.05, 0) is 29.7 Å². The van der Waals surface area contributed by atoms with Gasteiger partial charge in [-0.15, -0.1) is 9.35 Å². The summed E-state index contributed by atoms with van der Waals surface area (Å²) < 4.78 is 68.6. The average Bonchev–Trinajstić information content (AvgIpc) is 2.73. The molecule has 2 amide bonds. The highest BCUT2D eigenvalue weighted by Crippen LogP contribution is 2.36. The molecule has 0 radical (unpaired) electrons. The molecule has 13 heteroatoms. The number of alkyl halides is 3. The Morgan fingerprint density at radius 3 is 2.00 bits per heavy atom. The zero-order chi connectivity index (χ0) is 23.4. The van der Waals surface area contributed by atoms with Crippen LogP contribution in [0.2, 0.25) is 0 Å².